The van der Waals surface area contributed by atoms with E-state index in [-0.39, 0.29) is 23.5 Å². The van der Waals surface area contributed by atoms with Crippen molar-refractivity contribution in [3.8, 4) is 11.5 Å². The maximum Gasteiger partial charge on any atom is 0.261 e. The van der Waals surface area contributed by atoms with E-state index in [0.29, 0.717) is 34.9 Å². The fraction of sp³-hybridized carbons (Fsp3) is 0.174. The average molecular weight is 439 g/mol. The Balaban J connectivity index is 1.38. The van der Waals surface area contributed by atoms with Gasteiger partial charge in [0.05, 0.1) is 17.1 Å². The summed E-state index contributed by atoms with van der Waals surface area (Å²) in [5, 5.41) is 2.84. The first kappa shape index (κ1) is 20.7. The predicted octanol–water partition coefficient (Wildman–Crippen LogP) is 3.37. The SMILES string of the molecule is Cc1cc(C(=O)NCC2COc3ccccc3O2)ccc1NS(=O)(=O)c1ccccc1. The molecule has 0 bridgehead atoms. The van der Waals surface area contributed by atoms with Crippen molar-refractivity contribution in [2.75, 3.05) is 17.9 Å². The van der Waals surface area contributed by atoms with Gasteiger partial charge in [-0.3, -0.25) is 9.52 Å². The van der Waals surface area contributed by atoms with Gasteiger partial charge < -0.3 is 14.8 Å². The van der Waals surface area contributed by atoms with E-state index in [1.54, 1.807) is 43.3 Å². The number of aryl methyl sites for hydroxylation is 1. The molecule has 0 saturated heterocycles. The van der Waals surface area contributed by atoms with Crippen LogP contribution in [0.3, 0.4) is 0 Å². The molecule has 8 heteroatoms. The van der Waals surface area contributed by atoms with E-state index in [4.69, 9.17) is 9.47 Å². The van der Waals surface area contributed by atoms with Gasteiger partial charge in [0.25, 0.3) is 15.9 Å². The highest BCUT2D eigenvalue weighted by atomic mass is 32.2. The molecule has 0 aliphatic carbocycles. The smallest absolute Gasteiger partial charge is 0.261 e. The Bertz CT molecular complexity index is 1200. The molecule has 1 unspecified atom stereocenters. The van der Waals surface area contributed by atoms with E-state index < -0.39 is 10.0 Å². The molecule has 1 amide bonds. The zero-order valence-corrected chi connectivity index (χ0v) is 17.7. The molecule has 1 aliphatic heterocycles. The number of hydrogen-bond acceptors (Lipinski definition) is 5. The van der Waals surface area contributed by atoms with Gasteiger partial charge in [-0.15, -0.1) is 0 Å². The first-order valence-corrected chi connectivity index (χ1v) is 11.3. The van der Waals surface area contributed by atoms with Crippen LogP contribution in [0.25, 0.3) is 0 Å². The van der Waals surface area contributed by atoms with Gasteiger partial charge in [-0.05, 0) is 55.0 Å². The molecule has 3 aromatic rings. The van der Waals surface area contributed by atoms with Gasteiger partial charge in [0.1, 0.15) is 12.7 Å². The van der Waals surface area contributed by atoms with Crippen LogP contribution in [-0.4, -0.2) is 33.6 Å². The van der Waals surface area contributed by atoms with E-state index in [2.05, 4.69) is 10.0 Å². The van der Waals surface area contributed by atoms with E-state index in [9.17, 15) is 13.2 Å². The van der Waals surface area contributed by atoms with Crippen molar-refractivity contribution in [3.05, 3.63) is 83.9 Å². The molecule has 1 aliphatic rings. The van der Waals surface area contributed by atoms with Crippen LogP contribution in [0.15, 0.2) is 77.7 Å². The average Bonchev–Trinajstić information content (AvgIpc) is 2.79. The highest BCUT2D eigenvalue weighted by Crippen LogP contribution is 2.30. The minimum Gasteiger partial charge on any atom is -0.486 e. The Morgan fingerprint density at radius 1 is 1.00 bits per heavy atom. The second-order valence-electron chi connectivity index (χ2n) is 7.16. The summed E-state index contributed by atoms with van der Waals surface area (Å²) in [6.07, 6.45) is -0.295. The lowest BCUT2D eigenvalue weighted by molar-refractivity contribution is 0.0789. The molecule has 1 atom stereocenters. The fourth-order valence-corrected chi connectivity index (χ4v) is 4.35. The number of anilines is 1. The summed E-state index contributed by atoms with van der Waals surface area (Å²) in [5.41, 5.74) is 1.48. The molecule has 0 aromatic heterocycles. The van der Waals surface area contributed by atoms with Gasteiger partial charge in [-0.25, -0.2) is 8.42 Å². The lowest BCUT2D eigenvalue weighted by Gasteiger charge is -2.26. The van der Waals surface area contributed by atoms with Crippen LogP contribution in [0.1, 0.15) is 15.9 Å². The van der Waals surface area contributed by atoms with Crippen LogP contribution >= 0.6 is 0 Å². The first-order chi connectivity index (χ1) is 14.9. The predicted molar refractivity (Wildman–Crippen MR) is 117 cm³/mol. The molecular weight excluding hydrogens is 416 g/mol. The van der Waals surface area contributed by atoms with Crippen LogP contribution in [0, 0.1) is 6.92 Å². The molecular formula is C23H22N2O5S. The third-order valence-corrected chi connectivity index (χ3v) is 6.23. The molecule has 160 valence electrons. The van der Waals surface area contributed by atoms with Crippen LogP contribution in [-0.2, 0) is 10.0 Å². The number of nitrogens with one attached hydrogen (secondary N) is 2. The lowest BCUT2D eigenvalue weighted by Crippen LogP contribution is -2.40. The maximum absolute atomic E-state index is 12.6. The monoisotopic (exact) mass is 438 g/mol. The van der Waals surface area contributed by atoms with Crippen LogP contribution in [0.5, 0.6) is 11.5 Å². The van der Waals surface area contributed by atoms with Crippen LogP contribution in [0.2, 0.25) is 0 Å². The third kappa shape index (κ3) is 4.80. The number of para-hydroxylation sites is 2. The zero-order chi connectivity index (χ0) is 21.8. The van der Waals surface area contributed by atoms with Gasteiger partial charge in [0.2, 0.25) is 0 Å². The molecule has 3 aromatic carbocycles. The summed E-state index contributed by atoms with van der Waals surface area (Å²) in [4.78, 5) is 12.7. The summed E-state index contributed by atoms with van der Waals surface area (Å²) < 4.78 is 39.1. The molecule has 0 radical (unpaired) electrons. The maximum atomic E-state index is 12.6. The van der Waals surface area contributed by atoms with E-state index >= 15 is 0 Å². The Morgan fingerprint density at radius 2 is 1.71 bits per heavy atom. The Morgan fingerprint density at radius 3 is 2.45 bits per heavy atom. The summed E-state index contributed by atoms with van der Waals surface area (Å²) >= 11 is 0. The third-order valence-electron chi connectivity index (χ3n) is 4.84. The standard InChI is InChI=1S/C23H22N2O5S/c1-16-13-17(11-12-20(16)25-31(27,28)19-7-3-2-4-8-19)23(26)24-14-18-15-29-21-9-5-6-10-22(21)30-18/h2-13,18,25H,14-15H2,1H3,(H,24,26). The van der Waals surface area contributed by atoms with Crippen molar-refractivity contribution < 1.29 is 22.7 Å². The number of hydrogen-bond donors (Lipinski definition) is 2. The van der Waals surface area contributed by atoms with Crippen molar-refractivity contribution in [1.82, 2.24) is 5.32 Å². The van der Waals surface area contributed by atoms with E-state index in [1.807, 2.05) is 24.3 Å². The second kappa shape index (κ2) is 8.69. The number of benzene rings is 3. The number of fused-ring (bicyclic) bond motifs is 1. The Hall–Kier alpha value is -3.52. The number of sulfonamides is 1. The number of rotatable bonds is 6. The fourth-order valence-electron chi connectivity index (χ4n) is 3.20. The highest BCUT2D eigenvalue weighted by molar-refractivity contribution is 7.92. The van der Waals surface area contributed by atoms with E-state index in [0.717, 1.165) is 0 Å². The molecule has 2 N–H and O–H groups in total. The largest absolute Gasteiger partial charge is 0.486 e. The second-order valence-corrected chi connectivity index (χ2v) is 8.84. The summed E-state index contributed by atoms with van der Waals surface area (Å²) in [6.45, 7) is 2.37. The van der Waals surface area contributed by atoms with E-state index in [1.165, 1.54) is 12.1 Å². The normalized spacial score (nSPS) is 15.2. The molecule has 0 saturated carbocycles. The van der Waals surface area contributed by atoms with Crippen molar-refractivity contribution in [1.29, 1.82) is 0 Å². The number of ether oxygens (including phenoxy) is 2. The van der Waals surface area contributed by atoms with Gasteiger partial charge in [0, 0.05) is 5.56 Å². The molecule has 1 heterocycles. The quantitative estimate of drug-likeness (QED) is 0.616. The van der Waals surface area contributed by atoms with Gasteiger partial charge >= 0.3 is 0 Å². The van der Waals surface area contributed by atoms with Crippen LogP contribution < -0.4 is 19.5 Å². The molecule has 0 fully saturated rings. The highest BCUT2D eigenvalue weighted by Gasteiger charge is 2.21. The number of carbonyl (C=O) groups is 1. The van der Waals surface area contributed by atoms with Gasteiger partial charge in [-0.2, -0.15) is 0 Å². The van der Waals surface area contributed by atoms with Crippen molar-refractivity contribution in [2.45, 2.75) is 17.9 Å². The molecule has 4 rings (SSSR count). The first-order valence-electron chi connectivity index (χ1n) is 9.77. The summed E-state index contributed by atoms with van der Waals surface area (Å²) in [6, 6.07) is 20.3. The minimum absolute atomic E-state index is 0.174. The molecule has 7 nitrogen and oxygen atoms in total. The Kier molecular flexibility index (Phi) is 5.81. The van der Waals surface area contributed by atoms with Crippen molar-refractivity contribution in [3.63, 3.8) is 0 Å². The summed E-state index contributed by atoms with van der Waals surface area (Å²) in [5.74, 6) is 1.07. The van der Waals surface area contributed by atoms with Crippen molar-refractivity contribution >= 4 is 21.6 Å². The van der Waals surface area contributed by atoms with Crippen LogP contribution in [0.4, 0.5) is 5.69 Å². The Labute approximate surface area is 181 Å². The lowest BCUT2D eigenvalue weighted by atomic mass is 10.1. The number of amides is 1. The molecule has 31 heavy (non-hydrogen) atoms. The topological polar surface area (TPSA) is 93.7 Å². The summed E-state index contributed by atoms with van der Waals surface area (Å²) in [7, 11) is -3.70. The van der Waals surface area contributed by atoms with Gasteiger partial charge in [0.15, 0.2) is 11.5 Å². The zero-order valence-electron chi connectivity index (χ0n) is 16.9. The van der Waals surface area contributed by atoms with Gasteiger partial charge in [-0.1, -0.05) is 30.3 Å². The molecule has 0 spiro atoms. The van der Waals surface area contributed by atoms with Crippen molar-refractivity contribution in [2.24, 2.45) is 0 Å². The number of carbonyl (C=O) groups excluding carboxylic acids is 1. The minimum atomic E-state index is -3.70.